The van der Waals surface area contributed by atoms with Crippen LogP contribution in [0.25, 0.3) is 16.9 Å². The molecule has 1 aromatic carbocycles. The van der Waals surface area contributed by atoms with E-state index in [2.05, 4.69) is 15.3 Å². The van der Waals surface area contributed by atoms with Crippen molar-refractivity contribution < 1.29 is 19.2 Å². The van der Waals surface area contributed by atoms with Gasteiger partial charge in [0.1, 0.15) is 17.3 Å². The predicted octanol–water partition coefficient (Wildman–Crippen LogP) is 1.23. The van der Waals surface area contributed by atoms with E-state index in [1.807, 2.05) is 13.0 Å². The van der Waals surface area contributed by atoms with Crippen LogP contribution in [0.15, 0.2) is 54.9 Å². The summed E-state index contributed by atoms with van der Waals surface area (Å²) in [4.78, 5) is 20.6. The van der Waals surface area contributed by atoms with Crippen LogP contribution in [0.5, 0.6) is 0 Å². The number of halogens is 1. The molecule has 0 spiro atoms. The molecule has 0 radical (unpaired) electrons. The summed E-state index contributed by atoms with van der Waals surface area (Å²) >= 11 is 0. The largest absolute Gasteiger partial charge is 0.493 e. The molecule has 0 aliphatic carbocycles. The molecule has 0 saturated carbocycles. The van der Waals surface area contributed by atoms with Crippen LogP contribution in [0.1, 0.15) is 21.6 Å². The van der Waals surface area contributed by atoms with Gasteiger partial charge in [0.05, 0.1) is 5.52 Å². The van der Waals surface area contributed by atoms with Gasteiger partial charge in [-0.2, -0.15) is 0 Å². The molecule has 10 heteroatoms. The van der Waals surface area contributed by atoms with Crippen LogP contribution < -0.4 is 16.5 Å². The first-order valence-electron chi connectivity index (χ1n) is 9.47. The molecule has 31 heavy (non-hydrogen) atoms. The zero-order valence-electron chi connectivity index (χ0n) is 16.6. The Labute approximate surface area is 177 Å². The highest BCUT2D eigenvalue weighted by Crippen LogP contribution is 2.28. The summed E-state index contributed by atoms with van der Waals surface area (Å²) in [5.41, 5.74) is 8.71. The van der Waals surface area contributed by atoms with Crippen LogP contribution in [-0.4, -0.2) is 37.4 Å². The maximum Gasteiger partial charge on any atom is 0.493 e. The molecule has 3 heterocycles. The number of nitrogens with two attached hydrogens (primary N) is 1. The van der Waals surface area contributed by atoms with Crippen molar-refractivity contribution in [2.24, 2.45) is 5.73 Å². The lowest BCUT2D eigenvalue weighted by Gasteiger charge is -2.12. The number of hydrogen-bond donors (Lipinski definition) is 4. The van der Waals surface area contributed by atoms with E-state index in [-0.39, 0.29) is 23.6 Å². The second kappa shape index (κ2) is 8.17. The van der Waals surface area contributed by atoms with Gasteiger partial charge < -0.3 is 25.5 Å². The Bertz CT molecular complexity index is 1290. The van der Waals surface area contributed by atoms with Gasteiger partial charge in [-0.25, -0.2) is 14.4 Å². The van der Waals surface area contributed by atoms with Crippen molar-refractivity contribution >= 4 is 29.8 Å². The van der Waals surface area contributed by atoms with Crippen LogP contribution >= 0.6 is 0 Å². The molecule has 0 aliphatic heterocycles. The monoisotopic (exact) mass is 419 g/mol. The minimum Gasteiger partial charge on any atom is -0.423 e. The van der Waals surface area contributed by atoms with Gasteiger partial charge in [-0.3, -0.25) is 4.79 Å². The number of primary amides is 1. The van der Waals surface area contributed by atoms with Crippen LogP contribution in [0.4, 0.5) is 10.2 Å². The summed E-state index contributed by atoms with van der Waals surface area (Å²) in [5.74, 6) is -0.405. The number of aromatic nitrogens is 3. The van der Waals surface area contributed by atoms with E-state index in [9.17, 15) is 19.2 Å². The highest BCUT2D eigenvalue weighted by atomic mass is 19.1. The van der Waals surface area contributed by atoms with E-state index in [0.29, 0.717) is 28.2 Å². The Kier molecular flexibility index (Phi) is 5.41. The fourth-order valence-electron chi connectivity index (χ4n) is 3.49. The van der Waals surface area contributed by atoms with Gasteiger partial charge in [-0.05, 0) is 42.3 Å². The number of nitrogens with zero attached hydrogens (tertiary/aromatic N) is 3. The molecule has 0 fully saturated rings. The second-order valence-corrected chi connectivity index (χ2v) is 7.07. The summed E-state index contributed by atoms with van der Waals surface area (Å²) in [5, 5.41) is 22.4. The molecular weight excluding hydrogens is 400 g/mol. The number of carbonyl (C=O) groups is 1. The molecule has 0 unspecified atom stereocenters. The third kappa shape index (κ3) is 3.98. The number of aryl methyl sites for hydroxylation is 1. The minimum absolute atomic E-state index is 0.0825. The van der Waals surface area contributed by atoms with Crippen molar-refractivity contribution in [3.8, 4) is 11.4 Å². The molecule has 156 valence electrons. The average Bonchev–Trinajstić information content (AvgIpc) is 3.07. The Balaban J connectivity index is 1.78. The normalized spacial score (nSPS) is 11.0. The number of nitrogens with one attached hydrogen (secondary N) is 1. The van der Waals surface area contributed by atoms with Crippen LogP contribution in [0.2, 0.25) is 0 Å². The van der Waals surface area contributed by atoms with Crippen molar-refractivity contribution in [3.05, 3.63) is 77.5 Å². The highest BCUT2D eigenvalue weighted by Gasteiger charge is 2.22. The maximum absolute atomic E-state index is 13.5. The number of rotatable bonds is 6. The van der Waals surface area contributed by atoms with Gasteiger partial charge in [0.25, 0.3) is 5.91 Å². The molecular formula is C21H19BFN5O3. The van der Waals surface area contributed by atoms with E-state index in [1.54, 1.807) is 34.9 Å². The zero-order chi connectivity index (χ0) is 22.1. The number of anilines is 1. The van der Waals surface area contributed by atoms with E-state index in [4.69, 9.17) is 5.73 Å². The van der Waals surface area contributed by atoms with Gasteiger partial charge in [-0.1, -0.05) is 18.2 Å². The third-order valence-electron chi connectivity index (χ3n) is 4.92. The molecule has 0 atom stereocenters. The summed E-state index contributed by atoms with van der Waals surface area (Å²) < 4.78 is 15.1. The molecule has 4 aromatic rings. The van der Waals surface area contributed by atoms with Crippen LogP contribution in [-0.2, 0) is 6.54 Å². The smallest absolute Gasteiger partial charge is 0.423 e. The van der Waals surface area contributed by atoms with E-state index in [1.165, 1.54) is 18.3 Å². The minimum atomic E-state index is -1.79. The Morgan fingerprint density at radius 3 is 2.74 bits per heavy atom. The zero-order valence-corrected chi connectivity index (χ0v) is 16.6. The number of carbonyl (C=O) groups excluding carboxylic acids is 1. The summed E-state index contributed by atoms with van der Waals surface area (Å²) in [6.45, 7) is 2.07. The SMILES string of the molecule is Cc1cn2c(C(N)=O)cccc2c1-c1ncc(B(O)O)c(NCc2cccc(F)c2)n1. The first-order chi connectivity index (χ1) is 14.8. The van der Waals surface area contributed by atoms with Crippen molar-refractivity contribution in [2.75, 3.05) is 5.32 Å². The topological polar surface area (TPSA) is 126 Å². The summed E-state index contributed by atoms with van der Waals surface area (Å²) in [6, 6.07) is 11.2. The molecule has 5 N–H and O–H groups in total. The molecule has 8 nitrogen and oxygen atoms in total. The highest BCUT2D eigenvalue weighted by molar-refractivity contribution is 6.60. The summed E-state index contributed by atoms with van der Waals surface area (Å²) in [7, 11) is -1.79. The van der Waals surface area contributed by atoms with Gasteiger partial charge in [0.2, 0.25) is 0 Å². The Morgan fingerprint density at radius 2 is 2.03 bits per heavy atom. The fraction of sp³-hybridized carbons (Fsp3) is 0.0952. The lowest BCUT2D eigenvalue weighted by Crippen LogP contribution is -2.34. The van der Waals surface area contributed by atoms with Crippen LogP contribution in [0.3, 0.4) is 0 Å². The van der Waals surface area contributed by atoms with Crippen molar-refractivity contribution in [3.63, 3.8) is 0 Å². The third-order valence-corrected chi connectivity index (χ3v) is 4.92. The van der Waals surface area contributed by atoms with Gasteiger partial charge >= 0.3 is 7.12 Å². The predicted molar refractivity (Wildman–Crippen MR) is 115 cm³/mol. The van der Waals surface area contributed by atoms with Gasteiger partial charge in [0.15, 0.2) is 5.82 Å². The standard InChI is InChI=1S/C21H19BFN5O3/c1-12-11-28-16(6-3-7-17(28)19(24)29)18(12)21-26-10-15(22(30)31)20(27-21)25-9-13-4-2-5-14(23)8-13/h2-8,10-11,30-31H,9H2,1H3,(H2,24,29)(H,25,26,27). The first kappa shape index (κ1) is 20.5. The quantitative estimate of drug-likeness (QED) is 0.349. The fourth-order valence-corrected chi connectivity index (χ4v) is 3.49. The Morgan fingerprint density at radius 1 is 1.26 bits per heavy atom. The Hall–Kier alpha value is -3.76. The van der Waals surface area contributed by atoms with Crippen molar-refractivity contribution in [2.45, 2.75) is 13.5 Å². The lowest BCUT2D eigenvalue weighted by molar-refractivity contribution is 0.0994. The molecule has 0 aliphatic rings. The van der Waals surface area contributed by atoms with Crippen molar-refractivity contribution in [1.82, 2.24) is 14.4 Å². The van der Waals surface area contributed by atoms with Crippen LogP contribution in [0, 0.1) is 12.7 Å². The lowest BCUT2D eigenvalue weighted by atomic mass is 9.81. The van der Waals surface area contributed by atoms with Crippen molar-refractivity contribution in [1.29, 1.82) is 0 Å². The summed E-state index contributed by atoms with van der Waals surface area (Å²) in [6.07, 6.45) is 3.09. The molecule has 3 aromatic heterocycles. The average molecular weight is 419 g/mol. The van der Waals surface area contributed by atoms with Gasteiger partial charge in [0, 0.05) is 30.0 Å². The van der Waals surface area contributed by atoms with E-state index < -0.39 is 13.0 Å². The number of amides is 1. The maximum atomic E-state index is 13.5. The second-order valence-electron chi connectivity index (χ2n) is 7.07. The van der Waals surface area contributed by atoms with E-state index in [0.717, 1.165) is 5.56 Å². The molecule has 0 saturated heterocycles. The van der Waals surface area contributed by atoms with E-state index >= 15 is 0 Å². The molecule has 0 bridgehead atoms. The molecule has 1 amide bonds. The number of fused-ring (bicyclic) bond motifs is 1. The molecule has 4 rings (SSSR count). The number of pyridine rings is 1. The number of benzene rings is 1. The number of hydrogen-bond acceptors (Lipinski definition) is 6. The first-order valence-corrected chi connectivity index (χ1v) is 9.47. The van der Waals surface area contributed by atoms with Gasteiger partial charge in [-0.15, -0.1) is 0 Å².